The average molecular weight is 1210 g/mol. The van der Waals surface area contributed by atoms with Crippen LogP contribution < -0.4 is 20.7 Å². The van der Waals surface area contributed by atoms with Crippen LogP contribution in [0.15, 0.2) is 47.8 Å². The van der Waals surface area contributed by atoms with Crippen LogP contribution in [0.3, 0.4) is 0 Å². The second kappa shape index (κ2) is 18.7. The minimum absolute atomic E-state index is 0.139. The van der Waals surface area contributed by atoms with E-state index in [1.165, 1.54) is 0 Å². The summed E-state index contributed by atoms with van der Waals surface area (Å²) in [5.41, 5.74) is 10.6. The van der Waals surface area contributed by atoms with Gasteiger partial charge in [-0.3, -0.25) is 0 Å². The lowest BCUT2D eigenvalue weighted by Gasteiger charge is -2.84. The van der Waals surface area contributed by atoms with Crippen molar-refractivity contribution in [3.8, 4) is 0 Å². The molecule has 0 amide bonds. The zero-order chi connectivity index (χ0) is 59.8. The fraction of sp³-hybridized carbons (Fsp3) is 0.750. The fourth-order valence-electron chi connectivity index (χ4n) is 18.3. The molecule has 0 aliphatic carbocycles. The van der Waals surface area contributed by atoms with Crippen LogP contribution in [0.2, 0.25) is 145 Å². The topological polar surface area (TPSA) is 0 Å². The Bertz CT molecular complexity index is 2400. The lowest BCUT2D eigenvalue weighted by molar-refractivity contribution is 0.623. The van der Waals surface area contributed by atoms with Crippen LogP contribution in [0.25, 0.3) is 10.4 Å². The van der Waals surface area contributed by atoms with E-state index in [0.29, 0.717) is 0 Å². The summed E-state index contributed by atoms with van der Waals surface area (Å²) in [6.07, 6.45) is 0. The molecule has 428 valence electrons. The van der Waals surface area contributed by atoms with Crippen molar-refractivity contribution in [1.82, 2.24) is 0 Å². The first-order valence-electron chi connectivity index (χ1n) is 30.1. The number of hydrogen-bond acceptors (Lipinski definition) is 0. The highest BCUT2D eigenvalue weighted by molar-refractivity contribution is 8.23. The Balaban J connectivity index is 3.08. The fourth-order valence-corrected chi connectivity index (χ4v) is 308. The molecule has 2 aliphatic rings. The standard InChI is InChI=1S/C64H128Si11/c1-57(2,3)69(37,58(4,5)6)73-47-56(50-43-53(67(31,32)33)46-54(44-50)68(34,35)36)75(73,72(40,63(19,20)21)64(22,23)24)74(70(38,59(7,8)9)60(10,11)12,71(39,61(13,14)15)62(16,17)18)48-55(73)49-41-51(65(25,26)27)45-52(42-49)66(28,29)30/h41-48H,1-40H3. The minimum Gasteiger partial charge on any atom is -0.102 e. The molecule has 0 spiro atoms. The SMILES string of the molecule is CC(C)(C)[Si](C)(C(C)(C)C)[Si]12C=C(c3cc([Si](C)(C)C)cc([Si](C)(C)C)c3)[Si]1([Si](C)(C(C)(C)C)C(C)(C)C)[Si]([Si](C)(C(C)(C)C)C(C)(C)C)([Si](C)(C(C)(C)C)C(C)(C)C)C=C2c1cc([Si](C)(C)C)cc([Si](C)(C)C)c1. The molecule has 0 fully saturated rings. The molecule has 11 heteroatoms. The lowest BCUT2D eigenvalue weighted by atomic mass is 10.2. The highest BCUT2D eigenvalue weighted by Gasteiger charge is 2.96. The van der Waals surface area contributed by atoms with E-state index in [1.807, 2.05) is 0 Å². The van der Waals surface area contributed by atoms with Gasteiger partial charge in [-0.05, 0) is 51.4 Å². The Morgan fingerprint density at radius 1 is 0.253 bits per heavy atom. The molecule has 2 aromatic carbocycles. The molecule has 0 saturated heterocycles. The Morgan fingerprint density at radius 3 is 0.667 bits per heavy atom. The van der Waals surface area contributed by atoms with E-state index in [-0.39, 0.29) is 40.3 Å². The van der Waals surface area contributed by atoms with Gasteiger partial charge in [0.15, 0.2) is 0 Å². The molecule has 0 aromatic heterocycles. The zero-order valence-electron chi connectivity index (χ0n) is 58.1. The van der Waals surface area contributed by atoms with Crippen LogP contribution >= 0.6 is 0 Å². The highest BCUT2D eigenvalue weighted by atomic mass is 30.2. The molecule has 2 aliphatic heterocycles. The van der Waals surface area contributed by atoms with Gasteiger partial charge >= 0.3 is 0 Å². The molecular formula is C64H128Si11. The van der Waals surface area contributed by atoms with E-state index >= 15 is 0 Å². The van der Waals surface area contributed by atoms with Crippen molar-refractivity contribution in [2.45, 2.75) is 311 Å². The van der Waals surface area contributed by atoms with E-state index in [1.54, 1.807) is 31.9 Å². The molecule has 75 heavy (non-hydrogen) atoms. The molecule has 2 heterocycles. The highest BCUT2D eigenvalue weighted by Crippen LogP contribution is 2.81. The third-order valence-electron chi connectivity index (χ3n) is 23.8. The van der Waals surface area contributed by atoms with Crippen molar-refractivity contribution >= 4 is 114 Å². The van der Waals surface area contributed by atoms with Crippen molar-refractivity contribution in [2.24, 2.45) is 0 Å². The minimum atomic E-state index is -3.01. The largest absolute Gasteiger partial charge is 0.102 e. The first kappa shape index (κ1) is 67.8. The van der Waals surface area contributed by atoms with Crippen LogP contribution in [-0.2, 0) is 0 Å². The first-order valence-corrected chi connectivity index (χ1v) is 66.3. The Labute approximate surface area is 480 Å². The molecule has 4 rings (SSSR count). The van der Waals surface area contributed by atoms with Gasteiger partial charge in [0.2, 0.25) is 0 Å². The summed E-state index contributed by atoms with van der Waals surface area (Å²) in [4.78, 5) is 0. The quantitative estimate of drug-likeness (QED) is 0.208. The molecule has 0 saturated carbocycles. The average Bonchev–Trinajstić information content (AvgIpc) is 3.34. The number of rotatable bonds is 10. The van der Waals surface area contributed by atoms with Crippen LogP contribution in [0.1, 0.15) is 177 Å². The van der Waals surface area contributed by atoms with E-state index in [2.05, 4.69) is 329 Å². The van der Waals surface area contributed by atoms with E-state index in [4.69, 9.17) is 0 Å². The number of benzene rings is 2. The molecule has 0 N–H and O–H groups in total. The third kappa shape index (κ3) is 9.31. The summed E-state index contributed by atoms with van der Waals surface area (Å²) in [6.45, 7) is 107. The van der Waals surface area contributed by atoms with Gasteiger partial charge < -0.3 is 0 Å². The molecule has 0 bridgehead atoms. The van der Waals surface area contributed by atoms with Crippen LogP contribution in [0.4, 0.5) is 0 Å². The summed E-state index contributed by atoms with van der Waals surface area (Å²) in [7, 11) is -20.6. The first-order chi connectivity index (χ1) is 32.3. The predicted octanol–water partition coefficient (Wildman–Crippen LogP) is 20.1. The summed E-state index contributed by atoms with van der Waals surface area (Å²) in [6, 6.07) is 17.4. The summed E-state index contributed by atoms with van der Waals surface area (Å²) in [5.74, 6) is 0. The van der Waals surface area contributed by atoms with Gasteiger partial charge in [0.1, 0.15) is 0 Å². The maximum atomic E-state index is 3.69. The van der Waals surface area contributed by atoms with Crippen molar-refractivity contribution in [3.05, 3.63) is 58.9 Å². The van der Waals surface area contributed by atoms with Crippen molar-refractivity contribution in [3.63, 3.8) is 0 Å². The molecule has 0 nitrogen and oxygen atoms in total. The molecular weight excluding hydrogens is 1080 g/mol. The summed E-state index contributed by atoms with van der Waals surface area (Å²) < 4.78 is 0. The van der Waals surface area contributed by atoms with Crippen LogP contribution in [0.5, 0.6) is 0 Å². The van der Waals surface area contributed by atoms with Gasteiger partial charge in [-0.2, -0.15) is 0 Å². The molecule has 2 atom stereocenters. The molecule has 2 unspecified atom stereocenters. The van der Waals surface area contributed by atoms with Gasteiger partial charge in [-0.1, -0.05) is 344 Å². The Morgan fingerprint density at radius 2 is 0.467 bits per heavy atom. The Hall–Kier alpha value is 0.306. The van der Waals surface area contributed by atoms with Crippen molar-refractivity contribution in [1.29, 1.82) is 0 Å². The van der Waals surface area contributed by atoms with Crippen LogP contribution in [0, 0.1) is 0 Å². The van der Waals surface area contributed by atoms with Gasteiger partial charge in [-0.25, -0.2) is 0 Å². The van der Waals surface area contributed by atoms with Crippen LogP contribution in [-0.4, -0.2) is 83.0 Å². The maximum Gasteiger partial charge on any atom is 0.0969 e. The monoisotopic (exact) mass is 1200 g/mol. The van der Waals surface area contributed by atoms with E-state index < -0.39 is 83.0 Å². The normalized spacial score (nSPS) is 21.7. The van der Waals surface area contributed by atoms with Gasteiger partial charge in [0.05, 0.1) is 83.0 Å². The molecule has 0 radical (unpaired) electrons. The third-order valence-corrected chi connectivity index (χ3v) is 188. The number of hydrogen-bond donors (Lipinski definition) is 0. The number of fused-ring (bicyclic) bond motifs is 1. The lowest BCUT2D eigenvalue weighted by Crippen LogP contribution is -3.07. The van der Waals surface area contributed by atoms with E-state index in [9.17, 15) is 0 Å². The predicted molar refractivity (Wildman–Crippen MR) is 382 cm³/mol. The second-order valence-electron chi connectivity index (χ2n) is 38.6. The second-order valence-corrected chi connectivity index (χ2v) is 127. The van der Waals surface area contributed by atoms with Gasteiger partial charge in [0.25, 0.3) is 0 Å². The molecule has 2 aromatic rings. The maximum absolute atomic E-state index is 3.69. The summed E-state index contributed by atoms with van der Waals surface area (Å²) >= 11 is 0. The zero-order valence-corrected chi connectivity index (χ0v) is 69.1. The summed E-state index contributed by atoms with van der Waals surface area (Å²) in [5, 5.41) is 12.1. The smallest absolute Gasteiger partial charge is 0.0969 e. The van der Waals surface area contributed by atoms with Gasteiger partial charge in [0, 0.05) is 0 Å². The van der Waals surface area contributed by atoms with E-state index in [0.717, 1.165) is 0 Å². The van der Waals surface area contributed by atoms with Crippen molar-refractivity contribution in [2.75, 3.05) is 0 Å². The van der Waals surface area contributed by atoms with Crippen molar-refractivity contribution < 1.29 is 0 Å². The van der Waals surface area contributed by atoms with Gasteiger partial charge in [-0.15, -0.1) is 5.70 Å². The Kier molecular flexibility index (Phi) is 16.9.